The van der Waals surface area contributed by atoms with Crippen molar-refractivity contribution in [2.75, 3.05) is 0 Å². The third-order valence-electron chi connectivity index (χ3n) is 4.60. The summed E-state index contributed by atoms with van der Waals surface area (Å²) in [6, 6.07) is 6.88. The van der Waals surface area contributed by atoms with Crippen molar-refractivity contribution in [3.8, 4) is 0 Å². The largest absolute Gasteiger partial charge is 0.118 e. The van der Waals surface area contributed by atoms with Crippen LogP contribution in [0.15, 0.2) is 18.2 Å². The summed E-state index contributed by atoms with van der Waals surface area (Å²) >= 11 is 6.82. The molecule has 0 aliphatic heterocycles. The van der Waals surface area contributed by atoms with E-state index in [-0.39, 0.29) is 5.38 Å². The molecule has 100 valence electrons. The number of halogens is 1. The van der Waals surface area contributed by atoms with E-state index < -0.39 is 0 Å². The second kappa shape index (κ2) is 6.10. The van der Waals surface area contributed by atoms with Gasteiger partial charge in [-0.1, -0.05) is 51.8 Å². The van der Waals surface area contributed by atoms with E-state index in [1.807, 2.05) is 0 Å². The van der Waals surface area contributed by atoms with Crippen molar-refractivity contribution in [1.82, 2.24) is 0 Å². The summed E-state index contributed by atoms with van der Waals surface area (Å²) in [6.45, 7) is 6.81. The molecule has 0 heterocycles. The first kappa shape index (κ1) is 13.9. The van der Waals surface area contributed by atoms with Gasteiger partial charge in [-0.05, 0) is 47.8 Å². The van der Waals surface area contributed by atoms with Crippen molar-refractivity contribution >= 4 is 11.6 Å². The zero-order valence-electron chi connectivity index (χ0n) is 11.9. The molecule has 0 saturated heterocycles. The van der Waals surface area contributed by atoms with Gasteiger partial charge in [-0.3, -0.25) is 0 Å². The summed E-state index contributed by atoms with van der Waals surface area (Å²) in [7, 11) is 0. The van der Waals surface area contributed by atoms with Crippen molar-refractivity contribution in [1.29, 1.82) is 0 Å². The molecule has 3 unspecified atom stereocenters. The maximum atomic E-state index is 6.82. The number of alkyl halides is 1. The zero-order valence-corrected chi connectivity index (χ0v) is 12.6. The first-order chi connectivity index (χ1) is 8.67. The number of rotatable bonds is 4. The lowest BCUT2D eigenvalue weighted by molar-refractivity contribution is 0.404. The molecule has 2 rings (SSSR count). The van der Waals surface area contributed by atoms with Gasteiger partial charge >= 0.3 is 0 Å². The fourth-order valence-corrected chi connectivity index (χ4v) is 3.86. The summed E-state index contributed by atoms with van der Waals surface area (Å²) < 4.78 is 0. The Morgan fingerprint density at radius 2 is 2.00 bits per heavy atom. The number of hydrogen-bond acceptors (Lipinski definition) is 0. The lowest BCUT2D eigenvalue weighted by Gasteiger charge is -2.24. The molecule has 0 aromatic heterocycles. The quantitative estimate of drug-likeness (QED) is 0.628. The first-order valence-electron chi connectivity index (χ1n) is 7.43. The van der Waals surface area contributed by atoms with E-state index in [4.69, 9.17) is 11.6 Å². The molecule has 1 aromatic carbocycles. The van der Waals surface area contributed by atoms with Gasteiger partial charge in [-0.15, -0.1) is 11.6 Å². The molecular weight excluding hydrogens is 240 g/mol. The van der Waals surface area contributed by atoms with Crippen molar-refractivity contribution < 1.29 is 0 Å². The molecule has 1 fully saturated rings. The van der Waals surface area contributed by atoms with Crippen LogP contribution in [0.4, 0.5) is 0 Å². The lowest BCUT2D eigenvalue weighted by Crippen LogP contribution is -2.13. The Balaban J connectivity index is 2.29. The van der Waals surface area contributed by atoms with Crippen LogP contribution < -0.4 is 0 Å². The maximum Gasteiger partial charge on any atom is 0.0618 e. The van der Waals surface area contributed by atoms with Crippen LogP contribution in [0.1, 0.15) is 62.1 Å². The highest BCUT2D eigenvalue weighted by molar-refractivity contribution is 6.21. The Kier molecular flexibility index (Phi) is 4.72. The van der Waals surface area contributed by atoms with Crippen molar-refractivity contribution in [2.45, 2.75) is 58.3 Å². The minimum Gasteiger partial charge on any atom is -0.118 e. The van der Waals surface area contributed by atoms with Crippen LogP contribution in [0.3, 0.4) is 0 Å². The highest BCUT2D eigenvalue weighted by Crippen LogP contribution is 2.44. The van der Waals surface area contributed by atoms with Crippen LogP contribution >= 0.6 is 11.6 Å². The predicted molar refractivity (Wildman–Crippen MR) is 80.3 cm³/mol. The van der Waals surface area contributed by atoms with Gasteiger partial charge in [-0.2, -0.15) is 0 Å². The van der Waals surface area contributed by atoms with Crippen LogP contribution in [0.25, 0.3) is 0 Å². The normalized spacial score (nSPS) is 25.3. The molecular formula is C17H25Cl. The molecule has 18 heavy (non-hydrogen) atoms. The van der Waals surface area contributed by atoms with Crippen molar-refractivity contribution in [2.24, 2.45) is 11.8 Å². The van der Waals surface area contributed by atoms with Crippen LogP contribution in [-0.4, -0.2) is 0 Å². The Morgan fingerprint density at radius 1 is 1.22 bits per heavy atom. The lowest BCUT2D eigenvalue weighted by atomic mass is 9.87. The predicted octanol–water partition coefficient (Wildman–Crippen LogP) is 5.53. The zero-order chi connectivity index (χ0) is 13.1. The van der Waals surface area contributed by atoms with Crippen LogP contribution in [0, 0.1) is 11.8 Å². The molecule has 1 heteroatoms. The van der Waals surface area contributed by atoms with Gasteiger partial charge in [0, 0.05) is 0 Å². The smallest absolute Gasteiger partial charge is 0.0618 e. The highest BCUT2D eigenvalue weighted by Gasteiger charge is 2.31. The SMILES string of the molecule is CCc1ccc(CC)c(C(Cl)C2CCCC2C)c1. The van der Waals surface area contributed by atoms with Gasteiger partial charge in [0.05, 0.1) is 5.38 Å². The third-order valence-corrected chi connectivity index (χ3v) is 5.16. The van der Waals surface area contributed by atoms with Crippen LogP contribution in [0.5, 0.6) is 0 Å². The maximum absolute atomic E-state index is 6.82. The second-order valence-electron chi connectivity index (χ2n) is 5.71. The molecule has 0 nitrogen and oxygen atoms in total. The second-order valence-corrected chi connectivity index (χ2v) is 6.18. The Labute approximate surface area is 117 Å². The van der Waals surface area contributed by atoms with Gasteiger partial charge in [-0.25, -0.2) is 0 Å². The first-order valence-corrected chi connectivity index (χ1v) is 7.86. The van der Waals surface area contributed by atoms with E-state index in [2.05, 4.69) is 39.0 Å². The number of aryl methyl sites for hydroxylation is 2. The van der Waals surface area contributed by atoms with Crippen LogP contribution in [0.2, 0.25) is 0 Å². The molecule has 0 radical (unpaired) electrons. The number of hydrogen-bond donors (Lipinski definition) is 0. The molecule has 3 atom stereocenters. The summed E-state index contributed by atoms with van der Waals surface area (Å²) in [4.78, 5) is 0. The summed E-state index contributed by atoms with van der Waals surface area (Å²) in [6.07, 6.45) is 6.19. The average Bonchev–Trinajstić information content (AvgIpc) is 2.83. The van der Waals surface area contributed by atoms with Gasteiger partial charge in [0.15, 0.2) is 0 Å². The monoisotopic (exact) mass is 264 g/mol. The summed E-state index contributed by atoms with van der Waals surface area (Å²) in [5, 5.41) is 0.212. The molecule has 0 N–H and O–H groups in total. The van der Waals surface area contributed by atoms with E-state index >= 15 is 0 Å². The molecule has 1 saturated carbocycles. The van der Waals surface area contributed by atoms with Crippen molar-refractivity contribution in [3.63, 3.8) is 0 Å². The van der Waals surface area contributed by atoms with Crippen LogP contribution in [-0.2, 0) is 12.8 Å². The summed E-state index contributed by atoms with van der Waals surface area (Å²) in [5.41, 5.74) is 4.25. The molecule has 0 bridgehead atoms. The summed E-state index contributed by atoms with van der Waals surface area (Å²) in [5.74, 6) is 1.45. The third kappa shape index (κ3) is 2.74. The minimum absolute atomic E-state index is 0.212. The Bertz CT molecular complexity index is 397. The number of benzene rings is 1. The Morgan fingerprint density at radius 3 is 2.56 bits per heavy atom. The van der Waals surface area contributed by atoms with Gasteiger partial charge in [0.2, 0.25) is 0 Å². The van der Waals surface area contributed by atoms with Gasteiger partial charge in [0.25, 0.3) is 0 Å². The van der Waals surface area contributed by atoms with Gasteiger partial charge in [0.1, 0.15) is 0 Å². The van der Waals surface area contributed by atoms with Gasteiger partial charge < -0.3 is 0 Å². The molecule has 1 aliphatic carbocycles. The van der Waals surface area contributed by atoms with E-state index in [1.54, 1.807) is 0 Å². The van der Waals surface area contributed by atoms with E-state index in [1.165, 1.54) is 36.0 Å². The molecule has 0 spiro atoms. The molecule has 1 aliphatic rings. The highest BCUT2D eigenvalue weighted by atomic mass is 35.5. The molecule has 0 amide bonds. The fourth-order valence-electron chi connectivity index (χ4n) is 3.28. The Hall–Kier alpha value is -0.490. The minimum atomic E-state index is 0.212. The van der Waals surface area contributed by atoms with Crippen molar-refractivity contribution in [3.05, 3.63) is 34.9 Å². The topological polar surface area (TPSA) is 0 Å². The van der Waals surface area contributed by atoms with E-state index in [0.717, 1.165) is 18.8 Å². The average molecular weight is 265 g/mol. The molecule has 1 aromatic rings. The fraction of sp³-hybridized carbons (Fsp3) is 0.647. The van der Waals surface area contributed by atoms with E-state index in [0.29, 0.717) is 5.92 Å². The standard InChI is InChI=1S/C17H25Cl/c1-4-13-9-10-14(5-2)16(11-13)17(18)15-8-6-7-12(15)3/h9-12,15,17H,4-8H2,1-3H3. The van der Waals surface area contributed by atoms with E-state index in [9.17, 15) is 0 Å².